The molecule has 1 aromatic carbocycles. The van der Waals surface area contributed by atoms with Gasteiger partial charge in [0.2, 0.25) is 10.0 Å². The maximum Gasteiger partial charge on any atom is 0.243 e. The molecule has 3 rings (SSSR count). The van der Waals surface area contributed by atoms with Crippen molar-refractivity contribution in [3.8, 4) is 5.75 Å². The molecule has 0 spiro atoms. The third-order valence-electron chi connectivity index (χ3n) is 5.60. The molecule has 0 saturated carbocycles. The Labute approximate surface area is 158 Å². The van der Waals surface area contributed by atoms with Crippen LogP contribution in [-0.4, -0.2) is 57.0 Å². The van der Waals surface area contributed by atoms with E-state index in [2.05, 4.69) is 11.8 Å². The summed E-state index contributed by atoms with van der Waals surface area (Å²) in [7, 11) is -3.39. The minimum Gasteiger partial charge on any atom is -0.494 e. The van der Waals surface area contributed by atoms with E-state index in [1.54, 1.807) is 28.6 Å². The molecule has 0 radical (unpaired) electrons. The number of hydrogen-bond donors (Lipinski definition) is 0. The molecule has 0 aliphatic carbocycles. The third-order valence-corrected chi connectivity index (χ3v) is 7.52. The molecule has 0 aromatic heterocycles. The van der Waals surface area contributed by atoms with Crippen molar-refractivity contribution in [3.63, 3.8) is 0 Å². The highest BCUT2D eigenvalue weighted by molar-refractivity contribution is 7.89. The highest BCUT2D eigenvalue weighted by Gasteiger charge is 2.30. The van der Waals surface area contributed by atoms with Crippen molar-refractivity contribution in [1.82, 2.24) is 9.21 Å². The fourth-order valence-electron chi connectivity index (χ4n) is 4.17. The van der Waals surface area contributed by atoms with Crippen molar-refractivity contribution in [2.75, 3.05) is 39.3 Å². The van der Waals surface area contributed by atoms with E-state index in [-0.39, 0.29) is 0 Å². The maximum atomic E-state index is 12.9. The highest BCUT2D eigenvalue weighted by Crippen LogP contribution is 2.27. The smallest absolute Gasteiger partial charge is 0.243 e. The Bertz CT molecular complexity index is 667. The lowest BCUT2D eigenvalue weighted by atomic mass is 9.94. The predicted molar refractivity (Wildman–Crippen MR) is 104 cm³/mol. The van der Waals surface area contributed by atoms with Gasteiger partial charge in [-0.15, -0.1) is 0 Å². The number of likely N-dealkylation sites (tertiary alicyclic amines) is 1. The first kappa shape index (κ1) is 19.6. The van der Waals surface area contributed by atoms with E-state index in [1.165, 1.54) is 25.9 Å². The van der Waals surface area contributed by atoms with Crippen molar-refractivity contribution in [1.29, 1.82) is 0 Å². The van der Waals surface area contributed by atoms with Gasteiger partial charge in [0.15, 0.2) is 0 Å². The molecule has 6 heteroatoms. The quantitative estimate of drug-likeness (QED) is 0.760. The molecule has 26 heavy (non-hydrogen) atoms. The standard InChI is InChI=1S/C20H32N2O3S/c1-3-25-19-6-8-20(9-7-19)26(23,24)22-13-10-18(11-14-22)16-21-12-4-5-17(2)15-21/h6-9,17-18H,3-5,10-16H2,1-2H3. The number of piperidine rings is 2. The van der Waals surface area contributed by atoms with E-state index in [0.29, 0.717) is 36.3 Å². The van der Waals surface area contributed by atoms with Crippen LogP contribution in [0.2, 0.25) is 0 Å². The van der Waals surface area contributed by atoms with E-state index in [0.717, 1.165) is 25.3 Å². The van der Waals surface area contributed by atoms with Crippen molar-refractivity contribution >= 4 is 10.0 Å². The molecule has 1 atom stereocenters. The molecule has 2 saturated heterocycles. The first-order valence-electron chi connectivity index (χ1n) is 9.94. The highest BCUT2D eigenvalue weighted by atomic mass is 32.2. The minimum atomic E-state index is -3.39. The summed E-state index contributed by atoms with van der Waals surface area (Å²) in [6.07, 6.45) is 4.56. The van der Waals surface area contributed by atoms with Gasteiger partial charge in [-0.1, -0.05) is 6.92 Å². The summed E-state index contributed by atoms with van der Waals surface area (Å²) >= 11 is 0. The lowest BCUT2D eigenvalue weighted by molar-refractivity contribution is 0.136. The van der Waals surface area contributed by atoms with Gasteiger partial charge in [0.1, 0.15) is 5.75 Å². The van der Waals surface area contributed by atoms with E-state index in [1.807, 2.05) is 6.92 Å². The summed E-state index contributed by atoms with van der Waals surface area (Å²) < 4.78 is 32.8. The largest absolute Gasteiger partial charge is 0.494 e. The molecule has 2 aliphatic rings. The number of ether oxygens (including phenoxy) is 1. The Balaban J connectivity index is 1.54. The number of hydrogen-bond acceptors (Lipinski definition) is 4. The average Bonchev–Trinajstić information content (AvgIpc) is 2.63. The van der Waals surface area contributed by atoms with Gasteiger partial charge in [0.05, 0.1) is 11.5 Å². The van der Waals surface area contributed by atoms with Crippen LogP contribution >= 0.6 is 0 Å². The molecule has 146 valence electrons. The summed E-state index contributed by atoms with van der Waals surface area (Å²) in [6.45, 7) is 9.61. The second-order valence-corrected chi connectivity index (χ2v) is 9.70. The Morgan fingerprint density at radius 3 is 2.38 bits per heavy atom. The van der Waals surface area contributed by atoms with Gasteiger partial charge in [-0.05, 0) is 75.3 Å². The summed E-state index contributed by atoms with van der Waals surface area (Å²) in [6, 6.07) is 6.78. The molecule has 0 bridgehead atoms. The number of benzene rings is 1. The third kappa shape index (κ3) is 4.78. The zero-order chi connectivity index (χ0) is 18.6. The normalized spacial score (nSPS) is 23.8. The minimum absolute atomic E-state index is 0.365. The topological polar surface area (TPSA) is 49.9 Å². The second kappa shape index (κ2) is 8.72. The zero-order valence-corrected chi connectivity index (χ0v) is 16.9. The second-order valence-electron chi connectivity index (χ2n) is 7.76. The predicted octanol–water partition coefficient (Wildman–Crippen LogP) is 3.22. The van der Waals surface area contributed by atoms with Gasteiger partial charge in [0, 0.05) is 26.2 Å². The van der Waals surface area contributed by atoms with Crippen LogP contribution in [0.1, 0.15) is 39.5 Å². The first-order chi connectivity index (χ1) is 12.5. The van der Waals surface area contributed by atoms with Crippen LogP contribution in [0.5, 0.6) is 5.75 Å². The average molecular weight is 381 g/mol. The van der Waals surface area contributed by atoms with Crippen molar-refractivity contribution in [2.24, 2.45) is 11.8 Å². The number of rotatable bonds is 6. The van der Waals surface area contributed by atoms with Crippen LogP contribution in [0.25, 0.3) is 0 Å². The maximum absolute atomic E-state index is 12.9. The summed E-state index contributed by atoms with van der Waals surface area (Å²) in [5.41, 5.74) is 0. The van der Waals surface area contributed by atoms with Crippen molar-refractivity contribution in [2.45, 2.75) is 44.4 Å². The zero-order valence-electron chi connectivity index (χ0n) is 16.1. The number of nitrogens with zero attached hydrogens (tertiary/aromatic N) is 2. The van der Waals surface area contributed by atoms with Gasteiger partial charge in [-0.25, -0.2) is 8.42 Å². The molecule has 2 fully saturated rings. The van der Waals surface area contributed by atoms with E-state index in [9.17, 15) is 8.42 Å². The molecule has 5 nitrogen and oxygen atoms in total. The van der Waals surface area contributed by atoms with Gasteiger partial charge >= 0.3 is 0 Å². The monoisotopic (exact) mass is 380 g/mol. The van der Waals surface area contributed by atoms with Crippen LogP contribution in [-0.2, 0) is 10.0 Å². The molecule has 0 N–H and O–H groups in total. The van der Waals surface area contributed by atoms with Crippen LogP contribution in [0.15, 0.2) is 29.2 Å². The first-order valence-corrected chi connectivity index (χ1v) is 11.4. The van der Waals surface area contributed by atoms with Gasteiger partial charge in [0.25, 0.3) is 0 Å². The van der Waals surface area contributed by atoms with Crippen molar-refractivity contribution in [3.05, 3.63) is 24.3 Å². The fraction of sp³-hybridized carbons (Fsp3) is 0.700. The summed E-state index contributed by atoms with van der Waals surface area (Å²) in [4.78, 5) is 2.94. The Kier molecular flexibility index (Phi) is 6.59. The van der Waals surface area contributed by atoms with E-state index < -0.39 is 10.0 Å². The SMILES string of the molecule is CCOc1ccc(S(=O)(=O)N2CCC(CN3CCCC(C)C3)CC2)cc1. The lowest BCUT2D eigenvalue weighted by Gasteiger charge is -2.37. The fourth-order valence-corrected chi connectivity index (χ4v) is 5.64. The van der Waals surface area contributed by atoms with Crippen LogP contribution < -0.4 is 4.74 Å². The van der Waals surface area contributed by atoms with Gasteiger partial charge in [-0.2, -0.15) is 4.31 Å². The Hall–Kier alpha value is -1.11. The summed E-state index contributed by atoms with van der Waals surface area (Å²) in [5, 5.41) is 0. The van der Waals surface area contributed by atoms with E-state index >= 15 is 0 Å². The molecule has 2 aliphatic heterocycles. The Morgan fingerprint density at radius 2 is 1.77 bits per heavy atom. The molecule has 1 unspecified atom stereocenters. The molecular formula is C20H32N2O3S. The molecule has 2 heterocycles. The number of sulfonamides is 1. The van der Waals surface area contributed by atoms with Crippen LogP contribution in [0.3, 0.4) is 0 Å². The van der Waals surface area contributed by atoms with E-state index in [4.69, 9.17) is 4.74 Å². The van der Waals surface area contributed by atoms with Gasteiger partial charge in [-0.3, -0.25) is 0 Å². The lowest BCUT2D eigenvalue weighted by Crippen LogP contribution is -2.43. The van der Waals surface area contributed by atoms with Crippen LogP contribution in [0, 0.1) is 11.8 Å². The van der Waals surface area contributed by atoms with Gasteiger partial charge < -0.3 is 9.64 Å². The summed E-state index contributed by atoms with van der Waals surface area (Å²) in [5.74, 6) is 2.12. The molecular weight excluding hydrogens is 348 g/mol. The van der Waals surface area contributed by atoms with Crippen LogP contribution in [0.4, 0.5) is 0 Å². The molecule has 0 amide bonds. The van der Waals surface area contributed by atoms with Crippen molar-refractivity contribution < 1.29 is 13.2 Å². The molecule has 1 aromatic rings. The Morgan fingerprint density at radius 1 is 1.08 bits per heavy atom.